The third-order valence-electron chi connectivity index (χ3n) is 2.92. The van der Waals surface area contributed by atoms with E-state index in [1.807, 2.05) is 48.2 Å². The molecule has 0 bridgehead atoms. The summed E-state index contributed by atoms with van der Waals surface area (Å²) < 4.78 is 1.14. The summed E-state index contributed by atoms with van der Waals surface area (Å²) in [5.74, 6) is -0.801. The molecule has 2 aromatic rings. The van der Waals surface area contributed by atoms with Crippen LogP contribution < -0.4 is 0 Å². The number of benzene rings is 1. The van der Waals surface area contributed by atoms with Crippen LogP contribution in [0.3, 0.4) is 0 Å². The highest BCUT2D eigenvalue weighted by atomic mass is 32.1. The van der Waals surface area contributed by atoms with Crippen LogP contribution in [0, 0.1) is 0 Å². The fraction of sp³-hybridized carbons (Fsp3) is 0.429. The first-order valence-corrected chi connectivity index (χ1v) is 7.29. The third-order valence-corrected chi connectivity index (χ3v) is 3.94. The highest BCUT2D eigenvalue weighted by Crippen LogP contribution is 2.22. The Kier molecular flexibility index (Phi) is 5.05. The van der Waals surface area contributed by atoms with Gasteiger partial charge in [0.2, 0.25) is 0 Å². The molecule has 0 spiro atoms. The molecule has 1 N–H and O–H groups in total. The minimum atomic E-state index is -0.801. The van der Waals surface area contributed by atoms with E-state index in [0.717, 1.165) is 28.3 Å². The van der Waals surface area contributed by atoms with E-state index in [4.69, 9.17) is 5.11 Å². The maximum absolute atomic E-state index is 10.9. The molecule has 6 heteroatoms. The van der Waals surface area contributed by atoms with Gasteiger partial charge < -0.3 is 10.0 Å². The van der Waals surface area contributed by atoms with Gasteiger partial charge in [-0.1, -0.05) is 12.1 Å². The largest absolute Gasteiger partial charge is 0.480 e. The van der Waals surface area contributed by atoms with E-state index in [9.17, 15) is 4.79 Å². The predicted octanol–water partition coefficient (Wildman–Crippen LogP) is 1.74. The zero-order valence-corrected chi connectivity index (χ0v) is 12.6. The molecule has 1 aromatic heterocycles. The van der Waals surface area contributed by atoms with Crippen molar-refractivity contribution in [2.45, 2.75) is 6.54 Å². The molecular weight excluding hydrogens is 274 g/mol. The van der Waals surface area contributed by atoms with Crippen molar-refractivity contribution in [1.82, 2.24) is 14.8 Å². The van der Waals surface area contributed by atoms with Gasteiger partial charge in [-0.3, -0.25) is 9.69 Å². The van der Waals surface area contributed by atoms with Gasteiger partial charge in [-0.2, -0.15) is 0 Å². The number of rotatable bonds is 7. The van der Waals surface area contributed by atoms with E-state index >= 15 is 0 Å². The summed E-state index contributed by atoms with van der Waals surface area (Å²) >= 11 is 1.63. The summed E-state index contributed by atoms with van der Waals surface area (Å²) in [4.78, 5) is 19.5. The number of nitrogens with zero attached hydrogens (tertiary/aromatic N) is 3. The summed E-state index contributed by atoms with van der Waals surface area (Å²) in [5, 5.41) is 9.96. The summed E-state index contributed by atoms with van der Waals surface area (Å²) in [6.45, 7) is 2.18. The number of carboxylic acids is 1. The van der Waals surface area contributed by atoms with Crippen molar-refractivity contribution in [3.63, 3.8) is 0 Å². The highest BCUT2D eigenvalue weighted by Gasteiger charge is 2.13. The van der Waals surface area contributed by atoms with Gasteiger partial charge in [0.05, 0.1) is 23.3 Å². The predicted molar refractivity (Wildman–Crippen MR) is 81.1 cm³/mol. The van der Waals surface area contributed by atoms with Crippen molar-refractivity contribution in [3.8, 4) is 0 Å². The fourth-order valence-corrected chi connectivity index (χ4v) is 2.94. The molecule has 0 aliphatic carbocycles. The van der Waals surface area contributed by atoms with E-state index in [2.05, 4.69) is 4.98 Å². The van der Waals surface area contributed by atoms with Crippen LogP contribution in [0.1, 0.15) is 5.01 Å². The van der Waals surface area contributed by atoms with Crippen molar-refractivity contribution in [3.05, 3.63) is 29.3 Å². The van der Waals surface area contributed by atoms with E-state index in [1.165, 1.54) is 0 Å². The summed E-state index contributed by atoms with van der Waals surface area (Å²) in [6.07, 6.45) is 0. The molecule has 1 aromatic carbocycles. The summed E-state index contributed by atoms with van der Waals surface area (Å²) in [6, 6.07) is 7.98. The van der Waals surface area contributed by atoms with Crippen molar-refractivity contribution in [1.29, 1.82) is 0 Å². The lowest BCUT2D eigenvalue weighted by atomic mass is 10.3. The Morgan fingerprint density at radius 2 is 2.05 bits per heavy atom. The number of para-hydroxylation sites is 1. The Balaban J connectivity index is 2.07. The zero-order chi connectivity index (χ0) is 14.5. The Bertz CT molecular complexity index is 550. The van der Waals surface area contributed by atoms with Crippen LogP contribution in [-0.2, 0) is 11.3 Å². The second-order valence-electron chi connectivity index (χ2n) is 4.98. The summed E-state index contributed by atoms with van der Waals surface area (Å²) in [7, 11) is 3.97. The molecule has 0 amide bonds. The standard InChI is InChI=1S/C14H19N3O2S/c1-16(2)7-8-17(10-14(18)19)9-13-15-11-5-3-4-6-12(11)20-13/h3-6H,7-10H2,1-2H3,(H,18,19). The number of aliphatic carboxylic acids is 1. The van der Waals surface area contributed by atoms with Crippen LogP contribution in [0.2, 0.25) is 0 Å². The molecule has 0 radical (unpaired) electrons. The van der Waals surface area contributed by atoms with Crippen LogP contribution in [-0.4, -0.2) is 59.6 Å². The zero-order valence-electron chi connectivity index (χ0n) is 11.7. The number of hydrogen-bond donors (Lipinski definition) is 1. The lowest BCUT2D eigenvalue weighted by Crippen LogP contribution is -2.35. The molecule has 1 heterocycles. The Labute approximate surface area is 122 Å². The monoisotopic (exact) mass is 293 g/mol. The first kappa shape index (κ1) is 14.9. The topological polar surface area (TPSA) is 56.7 Å². The number of hydrogen-bond acceptors (Lipinski definition) is 5. The molecular formula is C14H19N3O2S. The molecule has 2 rings (SSSR count). The van der Waals surface area contributed by atoms with Crippen molar-refractivity contribution in [2.24, 2.45) is 0 Å². The Hall–Kier alpha value is -1.50. The maximum Gasteiger partial charge on any atom is 0.317 e. The third kappa shape index (κ3) is 4.26. The average molecular weight is 293 g/mol. The molecule has 0 saturated heterocycles. The number of carboxylic acid groups (broad SMARTS) is 1. The number of carbonyl (C=O) groups is 1. The smallest absolute Gasteiger partial charge is 0.317 e. The van der Waals surface area contributed by atoms with Gasteiger partial charge in [-0.25, -0.2) is 4.98 Å². The molecule has 20 heavy (non-hydrogen) atoms. The van der Waals surface area contributed by atoms with E-state index in [1.54, 1.807) is 11.3 Å². The van der Waals surface area contributed by atoms with Gasteiger partial charge in [0.25, 0.3) is 0 Å². The average Bonchev–Trinajstić information content (AvgIpc) is 2.77. The van der Waals surface area contributed by atoms with Crippen molar-refractivity contribution < 1.29 is 9.90 Å². The molecule has 0 aliphatic heterocycles. The minimum absolute atomic E-state index is 0.0454. The van der Waals surface area contributed by atoms with E-state index in [0.29, 0.717) is 6.54 Å². The van der Waals surface area contributed by atoms with Gasteiger partial charge in [-0.05, 0) is 26.2 Å². The lowest BCUT2D eigenvalue weighted by molar-refractivity contribution is -0.138. The van der Waals surface area contributed by atoms with Gasteiger partial charge in [0.15, 0.2) is 0 Å². The lowest BCUT2D eigenvalue weighted by Gasteiger charge is -2.21. The Morgan fingerprint density at radius 1 is 1.30 bits per heavy atom. The molecule has 5 nitrogen and oxygen atoms in total. The minimum Gasteiger partial charge on any atom is -0.480 e. The van der Waals surface area contributed by atoms with Gasteiger partial charge in [0, 0.05) is 13.1 Å². The highest BCUT2D eigenvalue weighted by molar-refractivity contribution is 7.18. The normalized spacial score (nSPS) is 11.6. The number of aromatic nitrogens is 1. The van der Waals surface area contributed by atoms with Gasteiger partial charge in [-0.15, -0.1) is 11.3 Å². The molecule has 0 atom stereocenters. The Morgan fingerprint density at radius 3 is 2.70 bits per heavy atom. The number of thiazole rings is 1. The first-order valence-electron chi connectivity index (χ1n) is 6.48. The number of likely N-dealkylation sites (N-methyl/N-ethyl adjacent to an activating group) is 1. The molecule has 0 aliphatic rings. The second kappa shape index (κ2) is 6.78. The van der Waals surface area contributed by atoms with Crippen molar-refractivity contribution in [2.75, 3.05) is 33.7 Å². The molecule has 0 saturated carbocycles. The van der Waals surface area contributed by atoms with Gasteiger partial charge >= 0.3 is 5.97 Å². The van der Waals surface area contributed by atoms with Crippen LogP contribution in [0.4, 0.5) is 0 Å². The SMILES string of the molecule is CN(C)CCN(CC(=O)O)Cc1nc2ccccc2s1. The fourth-order valence-electron chi connectivity index (χ4n) is 1.93. The van der Waals surface area contributed by atoms with Crippen LogP contribution in [0.25, 0.3) is 10.2 Å². The van der Waals surface area contributed by atoms with Gasteiger partial charge in [0.1, 0.15) is 5.01 Å². The number of fused-ring (bicyclic) bond motifs is 1. The second-order valence-corrected chi connectivity index (χ2v) is 6.10. The quantitative estimate of drug-likeness (QED) is 0.843. The van der Waals surface area contributed by atoms with E-state index < -0.39 is 5.97 Å². The summed E-state index contributed by atoms with van der Waals surface area (Å²) in [5.41, 5.74) is 0.982. The van der Waals surface area contributed by atoms with Crippen molar-refractivity contribution >= 4 is 27.5 Å². The maximum atomic E-state index is 10.9. The van der Waals surface area contributed by atoms with Crippen LogP contribution in [0.15, 0.2) is 24.3 Å². The van der Waals surface area contributed by atoms with E-state index in [-0.39, 0.29) is 6.54 Å². The van der Waals surface area contributed by atoms with Crippen LogP contribution >= 0.6 is 11.3 Å². The molecule has 0 unspecified atom stereocenters. The van der Waals surface area contributed by atoms with Crippen LogP contribution in [0.5, 0.6) is 0 Å². The first-order chi connectivity index (χ1) is 9.54. The molecule has 0 fully saturated rings. The molecule has 108 valence electrons.